The normalized spacial score (nSPS) is 13.3. The maximum atomic E-state index is 12.8. The van der Waals surface area contributed by atoms with Crippen LogP contribution in [0.15, 0.2) is 53.6 Å². The number of nitrogens with one attached hydrogen (secondary N) is 1. The van der Waals surface area contributed by atoms with Gasteiger partial charge in [0, 0.05) is 55.9 Å². The van der Waals surface area contributed by atoms with E-state index in [-0.39, 0.29) is 17.6 Å². The number of benzene rings is 1. The molecule has 0 aliphatic heterocycles. The van der Waals surface area contributed by atoms with Gasteiger partial charge < -0.3 is 10.2 Å². The number of hydrogen-bond acceptors (Lipinski definition) is 5. The average Bonchev–Trinajstić information content (AvgIpc) is 3.52. The van der Waals surface area contributed by atoms with Crippen LogP contribution >= 0.6 is 0 Å². The average molecular weight is 392 g/mol. The number of pyridine rings is 1. The van der Waals surface area contributed by atoms with E-state index in [1.807, 2.05) is 49.3 Å². The van der Waals surface area contributed by atoms with Gasteiger partial charge in [0.1, 0.15) is 0 Å². The summed E-state index contributed by atoms with van der Waals surface area (Å²) in [5, 5.41) is 7.39. The first-order valence-electron chi connectivity index (χ1n) is 9.70. The van der Waals surface area contributed by atoms with Gasteiger partial charge in [0.2, 0.25) is 0 Å². The molecule has 0 radical (unpaired) electrons. The summed E-state index contributed by atoms with van der Waals surface area (Å²) >= 11 is 0. The number of anilines is 1. The summed E-state index contributed by atoms with van der Waals surface area (Å²) < 4.78 is 3.18. The van der Waals surface area contributed by atoms with E-state index in [1.165, 1.54) is 4.68 Å². The van der Waals surface area contributed by atoms with Crippen molar-refractivity contribution in [2.75, 3.05) is 25.5 Å². The summed E-state index contributed by atoms with van der Waals surface area (Å²) in [4.78, 5) is 31.4. The summed E-state index contributed by atoms with van der Waals surface area (Å²) in [6, 6.07) is 11.3. The molecule has 8 heteroatoms. The van der Waals surface area contributed by atoms with E-state index in [0.717, 1.165) is 24.1 Å². The molecule has 4 rings (SSSR count). The van der Waals surface area contributed by atoms with Crippen molar-refractivity contribution in [2.24, 2.45) is 0 Å². The van der Waals surface area contributed by atoms with Gasteiger partial charge in [-0.1, -0.05) is 6.07 Å². The minimum absolute atomic E-state index is 0.143. The van der Waals surface area contributed by atoms with Gasteiger partial charge in [0.25, 0.3) is 5.91 Å². The van der Waals surface area contributed by atoms with E-state index in [0.29, 0.717) is 24.5 Å². The lowest BCUT2D eigenvalue weighted by molar-refractivity contribution is 0.0952. The van der Waals surface area contributed by atoms with Gasteiger partial charge in [-0.05, 0) is 43.2 Å². The Balaban J connectivity index is 1.47. The van der Waals surface area contributed by atoms with Crippen LogP contribution in [0.3, 0.4) is 0 Å². The number of aromatic nitrogens is 4. The van der Waals surface area contributed by atoms with Crippen molar-refractivity contribution in [3.8, 4) is 11.4 Å². The van der Waals surface area contributed by atoms with Crippen LogP contribution in [0.25, 0.3) is 11.4 Å². The highest BCUT2D eigenvalue weighted by atomic mass is 16.2. The number of hydrogen-bond donors (Lipinski definition) is 1. The van der Waals surface area contributed by atoms with E-state index in [4.69, 9.17) is 0 Å². The smallest absolute Gasteiger partial charge is 0.346 e. The minimum Gasteiger partial charge on any atom is -0.378 e. The first-order valence-corrected chi connectivity index (χ1v) is 9.70. The second kappa shape index (κ2) is 7.90. The van der Waals surface area contributed by atoms with Crippen molar-refractivity contribution >= 4 is 11.6 Å². The van der Waals surface area contributed by atoms with E-state index < -0.39 is 0 Å². The topological polar surface area (TPSA) is 85.1 Å². The van der Waals surface area contributed by atoms with Crippen molar-refractivity contribution in [3.63, 3.8) is 0 Å². The van der Waals surface area contributed by atoms with Crippen LogP contribution in [0.1, 0.15) is 29.2 Å². The lowest BCUT2D eigenvalue weighted by Gasteiger charge is -2.13. The Kier molecular flexibility index (Phi) is 5.16. The van der Waals surface area contributed by atoms with Crippen LogP contribution in [0.2, 0.25) is 0 Å². The van der Waals surface area contributed by atoms with Crippen LogP contribution in [0.4, 0.5) is 5.69 Å². The largest absolute Gasteiger partial charge is 0.378 e. The van der Waals surface area contributed by atoms with Crippen molar-refractivity contribution < 1.29 is 4.79 Å². The highest BCUT2D eigenvalue weighted by Crippen LogP contribution is 2.36. The first-order chi connectivity index (χ1) is 14.0. The summed E-state index contributed by atoms with van der Waals surface area (Å²) in [6.45, 7) is 0.629. The molecule has 1 saturated carbocycles. The van der Waals surface area contributed by atoms with Gasteiger partial charge in [-0.3, -0.25) is 14.3 Å². The van der Waals surface area contributed by atoms with Crippen LogP contribution in [-0.2, 0) is 6.54 Å². The zero-order valence-electron chi connectivity index (χ0n) is 16.6. The molecule has 1 N–H and O–H groups in total. The number of carbonyl (C=O) groups is 1. The predicted molar refractivity (Wildman–Crippen MR) is 111 cm³/mol. The van der Waals surface area contributed by atoms with Gasteiger partial charge in [-0.25, -0.2) is 9.48 Å². The summed E-state index contributed by atoms with van der Waals surface area (Å²) in [6.07, 6.45) is 5.38. The molecule has 1 fully saturated rings. The first kappa shape index (κ1) is 18.9. The maximum absolute atomic E-state index is 12.8. The van der Waals surface area contributed by atoms with E-state index in [1.54, 1.807) is 23.0 Å². The summed E-state index contributed by atoms with van der Waals surface area (Å²) in [5.41, 5.74) is 2.22. The molecule has 1 amide bonds. The quantitative estimate of drug-likeness (QED) is 0.664. The predicted octanol–water partition coefficient (Wildman–Crippen LogP) is 1.94. The molecular formula is C21H24N6O2. The molecule has 0 atom stereocenters. The maximum Gasteiger partial charge on any atom is 0.346 e. The molecule has 0 bridgehead atoms. The van der Waals surface area contributed by atoms with Crippen LogP contribution in [0.5, 0.6) is 0 Å². The fourth-order valence-electron chi connectivity index (χ4n) is 3.22. The standard InChI is InChI=1S/C21H24N6O2/c1-25(2)18-7-3-5-15(13-18)20(28)23-11-12-26-21(29)27(17-8-9-17)19(24-26)16-6-4-10-22-14-16/h3-7,10,13-14,17H,8-9,11-12H2,1-2H3,(H,23,28). The van der Waals surface area contributed by atoms with Gasteiger partial charge in [0.15, 0.2) is 5.82 Å². The molecule has 1 aliphatic rings. The molecule has 0 unspecified atom stereocenters. The molecule has 1 aromatic carbocycles. The molecule has 3 aromatic rings. The molecule has 0 saturated heterocycles. The lowest BCUT2D eigenvalue weighted by atomic mass is 10.2. The molecule has 1 aliphatic carbocycles. The van der Waals surface area contributed by atoms with E-state index in [9.17, 15) is 9.59 Å². The SMILES string of the molecule is CN(C)c1cccc(C(=O)NCCn2nc(-c3cccnc3)n(C3CC3)c2=O)c1. The third-order valence-corrected chi connectivity index (χ3v) is 4.94. The zero-order chi connectivity index (χ0) is 20.4. The van der Waals surface area contributed by atoms with Crippen molar-refractivity contribution in [1.82, 2.24) is 24.6 Å². The fraction of sp³-hybridized carbons (Fsp3) is 0.333. The highest BCUT2D eigenvalue weighted by Gasteiger charge is 2.30. The highest BCUT2D eigenvalue weighted by molar-refractivity contribution is 5.95. The van der Waals surface area contributed by atoms with E-state index >= 15 is 0 Å². The second-order valence-corrected chi connectivity index (χ2v) is 7.37. The van der Waals surface area contributed by atoms with E-state index in [2.05, 4.69) is 15.4 Å². The third-order valence-electron chi connectivity index (χ3n) is 4.94. The van der Waals surface area contributed by atoms with Gasteiger partial charge in [-0.15, -0.1) is 5.10 Å². The Labute approximate surface area is 168 Å². The second-order valence-electron chi connectivity index (χ2n) is 7.37. The number of rotatable bonds is 7. The minimum atomic E-state index is -0.171. The Morgan fingerprint density at radius 3 is 2.76 bits per heavy atom. The molecule has 2 aromatic heterocycles. The molecule has 150 valence electrons. The number of nitrogens with zero attached hydrogens (tertiary/aromatic N) is 5. The monoisotopic (exact) mass is 392 g/mol. The van der Waals surface area contributed by atoms with Crippen molar-refractivity contribution in [1.29, 1.82) is 0 Å². The molecule has 8 nitrogen and oxygen atoms in total. The Hall–Kier alpha value is -3.42. The fourth-order valence-corrected chi connectivity index (χ4v) is 3.22. The molecule has 29 heavy (non-hydrogen) atoms. The van der Waals surface area contributed by atoms with Crippen LogP contribution in [-0.4, -0.2) is 45.9 Å². The Bertz CT molecular complexity index is 1070. The number of amides is 1. The van der Waals surface area contributed by atoms with Gasteiger partial charge in [0.05, 0.1) is 6.54 Å². The molecular weight excluding hydrogens is 368 g/mol. The summed E-state index contributed by atoms with van der Waals surface area (Å²) in [7, 11) is 3.86. The van der Waals surface area contributed by atoms with Crippen LogP contribution < -0.4 is 15.9 Å². The number of carbonyl (C=O) groups excluding carboxylic acids is 1. The Morgan fingerprint density at radius 1 is 1.24 bits per heavy atom. The Morgan fingerprint density at radius 2 is 2.07 bits per heavy atom. The molecule has 0 spiro atoms. The van der Waals surface area contributed by atoms with Gasteiger partial charge >= 0.3 is 5.69 Å². The summed E-state index contributed by atoms with van der Waals surface area (Å²) in [5.74, 6) is 0.464. The van der Waals surface area contributed by atoms with Crippen LogP contribution in [0, 0.1) is 0 Å². The zero-order valence-corrected chi connectivity index (χ0v) is 16.6. The lowest BCUT2D eigenvalue weighted by Crippen LogP contribution is -2.32. The molecule has 2 heterocycles. The van der Waals surface area contributed by atoms with Crippen molar-refractivity contribution in [3.05, 3.63) is 64.8 Å². The third kappa shape index (κ3) is 4.06. The van der Waals surface area contributed by atoms with Gasteiger partial charge in [-0.2, -0.15) is 0 Å². The van der Waals surface area contributed by atoms with Crippen molar-refractivity contribution in [2.45, 2.75) is 25.4 Å².